The minimum absolute atomic E-state index is 0.148. The molecule has 1 aromatic rings. The summed E-state index contributed by atoms with van der Waals surface area (Å²) in [6.07, 6.45) is 1.09. The van der Waals surface area contributed by atoms with Crippen molar-refractivity contribution in [1.82, 2.24) is 10.6 Å². The lowest BCUT2D eigenvalue weighted by Gasteiger charge is -2.18. The standard InChI is InChI=1S/C17H27N3O3/c1-13-4-5-14(11-20-17(18-2)19-7-9-21-3)16(10-13)23-15-6-8-22-12-15/h4-5,10,15H,6-9,11-12H2,1-3H3,(H2,18,19,20). The van der Waals surface area contributed by atoms with E-state index in [4.69, 9.17) is 14.2 Å². The zero-order valence-corrected chi connectivity index (χ0v) is 14.2. The average Bonchev–Trinajstić information content (AvgIpc) is 3.05. The highest BCUT2D eigenvalue weighted by Crippen LogP contribution is 2.23. The number of nitrogens with zero attached hydrogens (tertiary/aromatic N) is 1. The Morgan fingerprint density at radius 2 is 2.26 bits per heavy atom. The van der Waals surface area contributed by atoms with Crippen LogP contribution >= 0.6 is 0 Å². The van der Waals surface area contributed by atoms with E-state index in [-0.39, 0.29) is 6.10 Å². The van der Waals surface area contributed by atoms with Crippen molar-refractivity contribution >= 4 is 5.96 Å². The summed E-state index contributed by atoms with van der Waals surface area (Å²) in [7, 11) is 3.44. The monoisotopic (exact) mass is 321 g/mol. The first-order chi connectivity index (χ1) is 11.2. The summed E-state index contributed by atoms with van der Waals surface area (Å²) in [5.74, 6) is 1.66. The molecule has 2 N–H and O–H groups in total. The summed E-state index contributed by atoms with van der Waals surface area (Å²) in [6, 6.07) is 6.27. The first kappa shape index (κ1) is 17.6. The van der Waals surface area contributed by atoms with Gasteiger partial charge in [0.1, 0.15) is 11.9 Å². The summed E-state index contributed by atoms with van der Waals surface area (Å²) in [5, 5.41) is 6.50. The smallest absolute Gasteiger partial charge is 0.191 e. The van der Waals surface area contributed by atoms with Crippen molar-refractivity contribution in [2.75, 3.05) is 40.5 Å². The Kier molecular flexibility index (Phi) is 7.16. The highest BCUT2D eigenvalue weighted by atomic mass is 16.5. The fourth-order valence-corrected chi connectivity index (χ4v) is 2.37. The summed E-state index contributed by atoms with van der Waals surface area (Å²) < 4.78 is 16.5. The molecule has 1 atom stereocenters. The number of aliphatic imine (C=N–C) groups is 1. The summed E-state index contributed by atoms with van der Waals surface area (Å²) in [4.78, 5) is 4.20. The molecule has 1 aliphatic heterocycles. The van der Waals surface area contributed by atoms with Crippen LogP contribution < -0.4 is 15.4 Å². The number of aryl methyl sites for hydroxylation is 1. The quantitative estimate of drug-likeness (QED) is 0.452. The summed E-state index contributed by atoms with van der Waals surface area (Å²) in [6.45, 7) is 5.52. The molecule has 0 aliphatic carbocycles. The Balaban J connectivity index is 1.95. The van der Waals surface area contributed by atoms with Crippen molar-refractivity contribution in [3.05, 3.63) is 29.3 Å². The molecule has 6 nitrogen and oxygen atoms in total. The SMILES string of the molecule is CN=C(NCCOC)NCc1ccc(C)cc1OC1CCOC1. The van der Waals surface area contributed by atoms with Gasteiger partial charge in [0.15, 0.2) is 5.96 Å². The van der Waals surface area contributed by atoms with Gasteiger partial charge in [-0.1, -0.05) is 12.1 Å². The molecule has 0 amide bonds. The van der Waals surface area contributed by atoms with Gasteiger partial charge in [-0.2, -0.15) is 0 Å². The van der Waals surface area contributed by atoms with Gasteiger partial charge in [0.2, 0.25) is 0 Å². The zero-order chi connectivity index (χ0) is 16.5. The predicted octanol–water partition coefficient (Wildman–Crippen LogP) is 1.47. The largest absolute Gasteiger partial charge is 0.488 e. The maximum Gasteiger partial charge on any atom is 0.191 e. The van der Waals surface area contributed by atoms with E-state index in [0.29, 0.717) is 26.3 Å². The van der Waals surface area contributed by atoms with E-state index in [9.17, 15) is 0 Å². The van der Waals surface area contributed by atoms with E-state index in [1.54, 1.807) is 14.2 Å². The maximum atomic E-state index is 6.11. The number of guanidine groups is 1. The van der Waals surface area contributed by atoms with Gasteiger partial charge in [-0.3, -0.25) is 4.99 Å². The third-order valence-corrected chi connectivity index (χ3v) is 3.67. The average molecular weight is 321 g/mol. The Morgan fingerprint density at radius 1 is 1.39 bits per heavy atom. The molecule has 0 aromatic heterocycles. The third kappa shape index (κ3) is 5.73. The number of methoxy groups -OCH3 is 1. The molecule has 1 fully saturated rings. The van der Waals surface area contributed by atoms with Crippen LogP contribution in [0, 0.1) is 6.92 Å². The first-order valence-electron chi connectivity index (χ1n) is 8.00. The lowest BCUT2D eigenvalue weighted by molar-refractivity contribution is 0.140. The molecule has 0 spiro atoms. The van der Waals surface area contributed by atoms with E-state index < -0.39 is 0 Å². The Morgan fingerprint density at radius 3 is 2.96 bits per heavy atom. The molecule has 1 aromatic carbocycles. The molecule has 23 heavy (non-hydrogen) atoms. The van der Waals surface area contributed by atoms with Crippen LogP contribution in [0.4, 0.5) is 0 Å². The molecule has 1 heterocycles. The van der Waals surface area contributed by atoms with E-state index in [1.807, 2.05) is 0 Å². The van der Waals surface area contributed by atoms with Crippen molar-refractivity contribution in [1.29, 1.82) is 0 Å². The summed E-state index contributed by atoms with van der Waals surface area (Å²) in [5.41, 5.74) is 2.29. The van der Waals surface area contributed by atoms with Crippen molar-refractivity contribution < 1.29 is 14.2 Å². The van der Waals surface area contributed by atoms with Crippen LogP contribution in [0.15, 0.2) is 23.2 Å². The second kappa shape index (κ2) is 9.37. The van der Waals surface area contributed by atoms with Crippen LogP contribution in [0.5, 0.6) is 5.75 Å². The fourth-order valence-electron chi connectivity index (χ4n) is 2.37. The van der Waals surface area contributed by atoms with Gasteiger partial charge in [-0.25, -0.2) is 0 Å². The van der Waals surface area contributed by atoms with Gasteiger partial charge in [0, 0.05) is 39.2 Å². The normalized spacial score (nSPS) is 18.0. The second-order valence-electron chi connectivity index (χ2n) is 5.56. The highest BCUT2D eigenvalue weighted by Gasteiger charge is 2.18. The third-order valence-electron chi connectivity index (χ3n) is 3.67. The van der Waals surface area contributed by atoms with Gasteiger partial charge in [0.05, 0.1) is 19.8 Å². The van der Waals surface area contributed by atoms with Gasteiger partial charge >= 0.3 is 0 Å². The molecular weight excluding hydrogens is 294 g/mol. The van der Waals surface area contributed by atoms with E-state index in [0.717, 1.165) is 30.3 Å². The lowest BCUT2D eigenvalue weighted by atomic mass is 10.1. The molecule has 0 bridgehead atoms. The Hall–Kier alpha value is -1.79. The maximum absolute atomic E-state index is 6.11. The van der Waals surface area contributed by atoms with Crippen LogP contribution in [0.2, 0.25) is 0 Å². The molecule has 0 radical (unpaired) electrons. The number of rotatable bonds is 7. The number of benzene rings is 1. The molecule has 0 saturated carbocycles. The van der Waals surface area contributed by atoms with Crippen molar-refractivity contribution in [2.45, 2.75) is 26.0 Å². The van der Waals surface area contributed by atoms with Crippen LogP contribution in [0.25, 0.3) is 0 Å². The lowest BCUT2D eigenvalue weighted by Crippen LogP contribution is -2.38. The number of hydrogen-bond acceptors (Lipinski definition) is 4. The van der Waals surface area contributed by atoms with Crippen molar-refractivity contribution in [3.63, 3.8) is 0 Å². The van der Waals surface area contributed by atoms with Crippen LogP contribution in [-0.4, -0.2) is 52.6 Å². The van der Waals surface area contributed by atoms with Crippen LogP contribution in [0.1, 0.15) is 17.5 Å². The molecule has 128 valence electrons. The Bertz CT molecular complexity index is 514. The molecule has 1 aliphatic rings. The number of ether oxygens (including phenoxy) is 3. The molecule has 1 unspecified atom stereocenters. The van der Waals surface area contributed by atoms with E-state index >= 15 is 0 Å². The number of nitrogens with one attached hydrogen (secondary N) is 2. The Labute approximate surface area is 138 Å². The molecule has 6 heteroatoms. The minimum atomic E-state index is 0.148. The first-order valence-corrected chi connectivity index (χ1v) is 8.00. The molecule has 1 saturated heterocycles. The number of hydrogen-bond donors (Lipinski definition) is 2. The van der Waals surface area contributed by atoms with Crippen LogP contribution in [0.3, 0.4) is 0 Å². The summed E-state index contributed by atoms with van der Waals surface area (Å²) >= 11 is 0. The van der Waals surface area contributed by atoms with Gasteiger partial charge in [0.25, 0.3) is 0 Å². The van der Waals surface area contributed by atoms with E-state index in [1.165, 1.54) is 5.56 Å². The zero-order valence-electron chi connectivity index (χ0n) is 14.2. The van der Waals surface area contributed by atoms with Crippen molar-refractivity contribution in [2.24, 2.45) is 4.99 Å². The van der Waals surface area contributed by atoms with Gasteiger partial charge in [-0.05, 0) is 18.6 Å². The van der Waals surface area contributed by atoms with Gasteiger partial charge < -0.3 is 24.8 Å². The highest BCUT2D eigenvalue weighted by molar-refractivity contribution is 5.79. The fraction of sp³-hybridized carbons (Fsp3) is 0.588. The predicted molar refractivity (Wildman–Crippen MR) is 91.1 cm³/mol. The van der Waals surface area contributed by atoms with Crippen LogP contribution in [-0.2, 0) is 16.0 Å². The minimum Gasteiger partial charge on any atom is -0.488 e. The topological polar surface area (TPSA) is 64.1 Å². The van der Waals surface area contributed by atoms with Crippen molar-refractivity contribution in [3.8, 4) is 5.75 Å². The van der Waals surface area contributed by atoms with Gasteiger partial charge in [-0.15, -0.1) is 0 Å². The molecular formula is C17H27N3O3. The van der Waals surface area contributed by atoms with E-state index in [2.05, 4.69) is 40.7 Å². The molecule has 2 rings (SSSR count). The second-order valence-corrected chi connectivity index (χ2v) is 5.56.